The van der Waals surface area contributed by atoms with E-state index in [0.717, 1.165) is 60.3 Å². The molecule has 152 valence electrons. The number of aromatic nitrogens is 3. The fraction of sp³-hybridized carbons (Fsp3) is 0.478. The predicted octanol–water partition coefficient (Wildman–Crippen LogP) is 2.59. The van der Waals surface area contributed by atoms with Crippen LogP contribution < -0.4 is 5.56 Å². The molecule has 1 aliphatic heterocycles. The molecule has 0 aliphatic carbocycles. The van der Waals surface area contributed by atoms with Crippen molar-refractivity contribution in [3.8, 4) is 11.8 Å². The molecule has 0 unspecified atom stereocenters. The van der Waals surface area contributed by atoms with E-state index in [-0.39, 0.29) is 5.56 Å². The normalized spacial score (nSPS) is 14.8. The molecule has 29 heavy (non-hydrogen) atoms. The van der Waals surface area contributed by atoms with Crippen LogP contribution in [0.2, 0.25) is 0 Å². The van der Waals surface area contributed by atoms with Gasteiger partial charge in [0, 0.05) is 23.2 Å². The Hall–Kier alpha value is -2.62. The molecule has 0 spiro atoms. The molecule has 1 aromatic carbocycles. The van der Waals surface area contributed by atoms with Crippen molar-refractivity contribution < 1.29 is 0 Å². The van der Waals surface area contributed by atoms with Gasteiger partial charge in [-0.1, -0.05) is 11.8 Å². The number of hydrogen-bond donors (Lipinski definition) is 1. The van der Waals surface area contributed by atoms with Gasteiger partial charge in [-0.15, -0.1) is 0 Å². The number of H-pyrrole nitrogens is 1. The summed E-state index contributed by atoms with van der Waals surface area (Å²) >= 11 is 0. The lowest BCUT2D eigenvalue weighted by Gasteiger charge is -2.14. The number of rotatable bonds is 5. The maximum Gasteiger partial charge on any atom is 0.262 e. The smallest absolute Gasteiger partial charge is 0.262 e. The molecular formula is C23H29N5O. The Morgan fingerprint density at radius 1 is 1.24 bits per heavy atom. The molecular weight excluding hydrogens is 362 g/mol. The molecule has 1 fully saturated rings. The summed E-state index contributed by atoms with van der Waals surface area (Å²) in [5, 5.41) is 9.11. The van der Waals surface area contributed by atoms with Crippen LogP contribution in [0.15, 0.2) is 23.0 Å². The lowest BCUT2D eigenvalue weighted by Crippen LogP contribution is -2.23. The van der Waals surface area contributed by atoms with Crippen molar-refractivity contribution >= 4 is 21.8 Å². The first-order valence-electron chi connectivity index (χ1n) is 10.4. The minimum absolute atomic E-state index is 0.0328. The standard InChI is InChI=1S/C23H29N5O/c1-17-21-22(25-24-17)19-16-18(8-6-14-27-12-4-5-13-27)9-10-20(19)28(23(21)29)15-7-11-26(2)3/h9-10,16H,4-5,7,11-15H2,1-3H3,(H,24,25). The van der Waals surface area contributed by atoms with Crippen molar-refractivity contribution in [2.45, 2.75) is 32.7 Å². The van der Waals surface area contributed by atoms with E-state index in [4.69, 9.17) is 0 Å². The van der Waals surface area contributed by atoms with Gasteiger partial charge < -0.3 is 9.47 Å². The SMILES string of the molecule is Cc1[nH]nc2c1c(=O)n(CCCN(C)C)c1ccc(C#CCN3CCCC3)cc21. The fourth-order valence-electron chi connectivity index (χ4n) is 4.13. The summed E-state index contributed by atoms with van der Waals surface area (Å²) in [5.41, 5.74) is 3.49. The molecule has 1 saturated heterocycles. The van der Waals surface area contributed by atoms with Gasteiger partial charge in [-0.25, -0.2) is 0 Å². The highest BCUT2D eigenvalue weighted by Crippen LogP contribution is 2.24. The van der Waals surface area contributed by atoms with E-state index in [1.54, 1.807) is 0 Å². The first-order valence-corrected chi connectivity index (χ1v) is 10.4. The minimum Gasteiger partial charge on any atom is -0.309 e. The number of aromatic amines is 1. The number of benzene rings is 1. The van der Waals surface area contributed by atoms with Crippen LogP contribution in [0.25, 0.3) is 21.8 Å². The van der Waals surface area contributed by atoms with Crippen molar-refractivity contribution in [3.63, 3.8) is 0 Å². The van der Waals surface area contributed by atoms with Crippen LogP contribution in [0.1, 0.15) is 30.5 Å². The minimum atomic E-state index is 0.0328. The molecule has 6 nitrogen and oxygen atoms in total. The summed E-state index contributed by atoms with van der Waals surface area (Å²) in [5.74, 6) is 6.61. The average molecular weight is 392 g/mol. The Labute approximate surface area is 171 Å². The summed E-state index contributed by atoms with van der Waals surface area (Å²) in [6, 6.07) is 6.12. The van der Waals surface area contributed by atoms with Crippen LogP contribution in [-0.2, 0) is 6.54 Å². The first kappa shape index (κ1) is 19.7. The summed E-state index contributed by atoms with van der Waals surface area (Å²) < 4.78 is 1.89. The molecule has 0 saturated carbocycles. The number of hydrogen-bond acceptors (Lipinski definition) is 4. The zero-order valence-electron chi connectivity index (χ0n) is 17.6. The van der Waals surface area contributed by atoms with Crippen molar-refractivity contribution in [1.82, 2.24) is 24.6 Å². The topological polar surface area (TPSA) is 57.2 Å². The maximum atomic E-state index is 13.2. The molecule has 1 aliphatic rings. The third-order valence-electron chi connectivity index (χ3n) is 5.67. The van der Waals surface area contributed by atoms with Gasteiger partial charge in [0.1, 0.15) is 5.52 Å². The molecule has 6 heteroatoms. The van der Waals surface area contributed by atoms with E-state index in [2.05, 4.69) is 52.0 Å². The number of likely N-dealkylation sites (tertiary alicyclic amines) is 1. The van der Waals surface area contributed by atoms with Gasteiger partial charge in [0.25, 0.3) is 5.56 Å². The molecule has 0 atom stereocenters. The van der Waals surface area contributed by atoms with Crippen LogP contribution in [0.5, 0.6) is 0 Å². The highest BCUT2D eigenvalue weighted by Gasteiger charge is 2.15. The maximum absolute atomic E-state index is 13.2. The second-order valence-corrected chi connectivity index (χ2v) is 8.20. The third kappa shape index (κ3) is 4.07. The second-order valence-electron chi connectivity index (χ2n) is 8.20. The summed E-state index contributed by atoms with van der Waals surface area (Å²) in [6.45, 7) is 6.66. The van der Waals surface area contributed by atoms with Crippen LogP contribution in [0.3, 0.4) is 0 Å². The number of nitrogens with zero attached hydrogens (tertiary/aromatic N) is 4. The van der Waals surface area contributed by atoms with Crippen LogP contribution in [0, 0.1) is 18.8 Å². The highest BCUT2D eigenvalue weighted by atomic mass is 16.1. The molecule has 1 N–H and O–H groups in total. The monoisotopic (exact) mass is 391 g/mol. The number of nitrogens with one attached hydrogen (secondary N) is 1. The van der Waals surface area contributed by atoms with Gasteiger partial charge in [-0.2, -0.15) is 5.10 Å². The van der Waals surface area contributed by atoms with E-state index in [1.165, 1.54) is 12.8 Å². The van der Waals surface area contributed by atoms with Crippen molar-refractivity contribution in [3.05, 3.63) is 39.8 Å². The fourth-order valence-corrected chi connectivity index (χ4v) is 4.13. The zero-order valence-corrected chi connectivity index (χ0v) is 17.6. The van der Waals surface area contributed by atoms with Crippen molar-refractivity contribution in [1.29, 1.82) is 0 Å². The molecule has 3 aromatic rings. The van der Waals surface area contributed by atoms with Gasteiger partial charge in [0.05, 0.1) is 17.4 Å². The summed E-state index contributed by atoms with van der Waals surface area (Å²) in [6.07, 6.45) is 3.47. The van der Waals surface area contributed by atoms with E-state index in [9.17, 15) is 4.79 Å². The van der Waals surface area contributed by atoms with Crippen molar-refractivity contribution in [2.75, 3.05) is 40.3 Å². The van der Waals surface area contributed by atoms with E-state index in [1.807, 2.05) is 23.6 Å². The van der Waals surface area contributed by atoms with Gasteiger partial charge in [-0.05, 0) is 78.1 Å². The Balaban J connectivity index is 1.74. The Bertz CT molecular complexity index is 1140. The van der Waals surface area contributed by atoms with Crippen molar-refractivity contribution in [2.24, 2.45) is 0 Å². The largest absolute Gasteiger partial charge is 0.309 e. The number of pyridine rings is 1. The van der Waals surface area contributed by atoms with Gasteiger partial charge in [0.15, 0.2) is 0 Å². The van der Waals surface area contributed by atoms with Crippen LogP contribution in [-0.4, -0.2) is 64.8 Å². The first-order chi connectivity index (χ1) is 14.0. The zero-order chi connectivity index (χ0) is 20.4. The van der Waals surface area contributed by atoms with Gasteiger partial charge in [0.2, 0.25) is 0 Å². The Kier molecular flexibility index (Phi) is 5.70. The Morgan fingerprint density at radius 2 is 2.03 bits per heavy atom. The Morgan fingerprint density at radius 3 is 2.79 bits per heavy atom. The molecule has 3 heterocycles. The second kappa shape index (κ2) is 8.40. The predicted molar refractivity (Wildman–Crippen MR) is 118 cm³/mol. The number of aryl methyl sites for hydroxylation is 2. The van der Waals surface area contributed by atoms with E-state index in [0.29, 0.717) is 11.9 Å². The molecule has 4 rings (SSSR count). The van der Waals surface area contributed by atoms with Crippen LogP contribution in [0.4, 0.5) is 0 Å². The van der Waals surface area contributed by atoms with Gasteiger partial charge in [-0.3, -0.25) is 14.8 Å². The molecule has 0 radical (unpaired) electrons. The summed E-state index contributed by atoms with van der Waals surface area (Å²) in [4.78, 5) is 17.7. The molecule has 0 amide bonds. The lowest BCUT2D eigenvalue weighted by molar-refractivity contribution is 0.383. The lowest BCUT2D eigenvalue weighted by atomic mass is 10.1. The highest BCUT2D eigenvalue weighted by molar-refractivity contribution is 6.04. The number of fused-ring (bicyclic) bond motifs is 3. The van der Waals surface area contributed by atoms with E-state index < -0.39 is 0 Å². The summed E-state index contributed by atoms with van der Waals surface area (Å²) in [7, 11) is 4.11. The molecule has 0 bridgehead atoms. The van der Waals surface area contributed by atoms with Crippen LogP contribution >= 0.6 is 0 Å². The quantitative estimate of drug-likeness (QED) is 0.679. The third-order valence-corrected chi connectivity index (χ3v) is 5.67. The molecule has 2 aromatic heterocycles. The van der Waals surface area contributed by atoms with E-state index >= 15 is 0 Å². The van der Waals surface area contributed by atoms with Gasteiger partial charge >= 0.3 is 0 Å². The average Bonchev–Trinajstić information content (AvgIpc) is 3.34.